The van der Waals surface area contributed by atoms with Gasteiger partial charge in [-0.2, -0.15) is 0 Å². The van der Waals surface area contributed by atoms with Crippen LogP contribution in [0.1, 0.15) is 76.3 Å². The first-order valence-corrected chi connectivity index (χ1v) is 13.9. The topological polar surface area (TPSA) is 69.4 Å². The van der Waals surface area contributed by atoms with Gasteiger partial charge in [-0.15, -0.1) is 0 Å². The highest BCUT2D eigenvalue weighted by atomic mass is 19.1. The zero-order valence-corrected chi connectivity index (χ0v) is 21.7. The van der Waals surface area contributed by atoms with E-state index in [9.17, 15) is 0 Å². The molecular weight excluding hydrogens is 441 g/mol. The Morgan fingerprint density at radius 1 is 1.03 bits per heavy atom. The van der Waals surface area contributed by atoms with Crippen molar-refractivity contribution >= 4 is 11.3 Å². The maximum atomic E-state index is 16.1. The number of ether oxygens (including phenoxy) is 1. The molecule has 5 N–H and O–H groups in total. The Bertz CT molecular complexity index is 913. The maximum absolute atomic E-state index is 16.1. The molecule has 35 heavy (non-hydrogen) atoms. The van der Waals surface area contributed by atoms with Crippen molar-refractivity contribution in [2.75, 3.05) is 25.5 Å². The van der Waals surface area contributed by atoms with Crippen LogP contribution < -0.4 is 31.3 Å². The van der Waals surface area contributed by atoms with Crippen LogP contribution in [-0.4, -0.2) is 44.7 Å². The lowest BCUT2D eigenvalue weighted by Crippen LogP contribution is -2.69. The quantitative estimate of drug-likeness (QED) is 0.400. The summed E-state index contributed by atoms with van der Waals surface area (Å²) in [5.41, 5.74) is 3.36. The average Bonchev–Trinajstić information content (AvgIpc) is 3.01. The van der Waals surface area contributed by atoms with Crippen LogP contribution in [-0.2, 0) is 6.42 Å². The molecule has 194 valence electrons. The molecule has 6 nitrogen and oxygen atoms in total. The van der Waals surface area contributed by atoms with Crippen LogP contribution in [0.15, 0.2) is 12.1 Å². The molecule has 1 aliphatic carbocycles. The number of nitrogens with one attached hydrogen (secondary N) is 5. The summed E-state index contributed by atoms with van der Waals surface area (Å²) in [4.78, 5) is 0. The van der Waals surface area contributed by atoms with Crippen molar-refractivity contribution < 1.29 is 9.13 Å². The minimum atomic E-state index is -0.212. The van der Waals surface area contributed by atoms with Crippen LogP contribution in [0, 0.1) is 17.7 Å². The fraction of sp³-hybridized carbons (Fsp3) is 0.714. The monoisotopic (exact) mass is 485 g/mol. The SMILES string of the molecule is CNC1NC(Nc2cc3c(c(C4=CC(C)NCCC4)c2F)OCC3)NC(C)C1C1CCCCCC1. The van der Waals surface area contributed by atoms with Crippen LogP contribution >= 0.6 is 0 Å². The van der Waals surface area contributed by atoms with Crippen LogP contribution in [0.25, 0.3) is 5.57 Å². The number of anilines is 1. The summed E-state index contributed by atoms with van der Waals surface area (Å²) in [6.07, 6.45) is 12.8. The fourth-order valence-corrected chi connectivity index (χ4v) is 6.86. The molecule has 1 aromatic rings. The third-order valence-corrected chi connectivity index (χ3v) is 8.57. The smallest absolute Gasteiger partial charge is 0.157 e. The number of halogens is 1. The predicted octanol–water partition coefficient (Wildman–Crippen LogP) is 4.32. The molecule has 0 amide bonds. The van der Waals surface area contributed by atoms with E-state index in [1.807, 2.05) is 13.1 Å². The molecule has 0 aromatic heterocycles. The van der Waals surface area contributed by atoms with Crippen molar-refractivity contribution in [1.82, 2.24) is 21.3 Å². The van der Waals surface area contributed by atoms with Gasteiger partial charge in [-0.1, -0.05) is 44.6 Å². The number of allylic oxidation sites excluding steroid dienone is 1. The summed E-state index contributed by atoms with van der Waals surface area (Å²) in [7, 11) is 2.04. The van der Waals surface area contributed by atoms with Crippen molar-refractivity contribution in [3.8, 4) is 5.75 Å². The highest BCUT2D eigenvalue weighted by molar-refractivity contribution is 5.77. The van der Waals surface area contributed by atoms with Crippen LogP contribution in [0.3, 0.4) is 0 Å². The van der Waals surface area contributed by atoms with Crippen molar-refractivity contribution in [2.45, 2.75) is 96.2 Å². The lowest BCUT2D eigenvalue weighted by molar-refractivity contribution is 0.101. The van der Waals surface area contributed by atoms with E-state index in [-0.39, 0.29) is 24.3 Å². The molecule has 0 spiro atoms. The number of fused-ring (bicyclic) bond motifs is 1. The molecule has 5 rings (SSSR count). The van der Waals surface area contributed by atoms with Gasteiger partial charge in [-0.3, -0.25) is 10.6 Å². The molecule has 1 aromatic carbocycles. The minimum Gasteiger partial charge on any atom is -0.492 e. The van der Waals surface area contributed by atoms with Gasteiger partial charge in [-0.25, -0.2) is 4.39 Å². The molecule has 5 atom stereocenters. The number of hydrogen-bond acceptors (Lipinski definition) is 6. The minimum absolute atomic E-state index is 0.184. The first-order chi connectivity index (χ1) is 17.0. The van der Waals surface area contributed by atoms with Crippen LogP contribution in [0.2, 0.25) is 0 Å². The summed E-state index contributed by atoms with van der Waals surface area (Å²) in [5, 5.41) is 17.9. The molecule has 5 unspecified atom stereocenters. The maximum Gasteiger partial charge on any atom is 0.157 e. The highest BCUT2D eigenvalue weighted by Gasteiger charge is 2.39. The van der Waals surface area contributed by atoms with Crippen molar-refractivity contribution in [2.24, 2.45) is 11.8 Å². The van der Waals surface area contributed by atoms with E-state index in [0.29, 0.717) is 35.7 Å². The third-order valence-electron chi connectivity index (χ3n) is 8.57. The molecular formula is C28H44FN5O. The van der Waals surface area contributed by atoms with Gasteiger partial charge in [-0.05, 0) is 57.8 Å². The number of benzene rings is 1. The third kappa shape index (κ3) is 5.38. The Kier molecular flexibility index (Phi) is 7.97. The second-order valence-electron chi connectivity index (χ2n) is 11.0. The van der Waals surface area contributed by atoms with E-state index in [4.69, 9.17) is 4.74 Å². The average molecular weight is 486 g/mol. The van der Waals surface area contributed by atoms with E-state index in [1.54, 1.807) is 0 Å². The lowest BCUT2D eigenvalue weighted by Gasteiger charge is -2.46. The molecule has 0 radical (unpaired) electrons. The first kappa shape index (κ1) is 25.0. The van der Waals surface area contributed by atoms with E-state index in [1.165, 1.54) is 38.5 Å². The molecule has 2 fully saturated rings. The first-order valence-electron chi connectivity index (χ1n) is 13.9. The van der Waals surface area contributed by atoms with Gasteiger partial charge >= 0.3 is 0 Å². The Hall–Kier alpha value is -1.67. The summed E-state index contributed by atoms with van der Waals surface area (Å²) in [6.45, 7) is 5.99. The molecule has 1 saturated heterocycles. The molecule has 7 heteroatoms. The predicted molar refractivity (Wildman–Crippen MR) is 141 cm³/mol. The standard InChI is InChI=1S/C28H44FN5O/c1-17-15-20(11-8-13-31-17)24-25(29)22(16-21-12-14-35-26(21)24)33-28-32-18(2)23(27(30-3)34-28)19-9-6-4-5-7-10-19/h15-19,23,27-28,30-34H,4-14H2,1-3H3. The van der Waals surface area contributed by atoms with Crippen LogP contribution in [0.5, 0.6) is 5.75 Å². The van der Waals surface area contributed by atoms with Gasteiger partial charge in [0, 0.05) is 30.0 Å². The van der Waals surface area contributed by atoms with E-state index < -0.39 is 0 Å². The fourth-order valence-electron chi connectivity index (χ4n) is 6.86. The number of rotatable bonds is 5. The van der Waals surface area contributed by atoms with Crippen LogP contribution in [0.4, 0.5) is 10.1 Å². The van der Waals surface area contributed by atoms with Crippen molar-refractivity contribution in [3.63, 3.8) is 0 Å². The second kappa shape index (κ2) is 11.2. The van der Waals surface area contributed by atoms with Gasteiger partial charge in [0.25, 0.3) is 0 Å². The Labute approximate surface area is 210 Å². The molecule has 1 saturated carbocycles. The Morgan fingerprint density at radius 2 is 1.83 bits per heavy atom. The summed E-state index contributed by atoms with van der Waals surface area (Å²) in [5.74, 6) is 1.77. The number of hydrogen-bond donors (Lipinski definition) is 5. The van der Waals surface area contributed by atoms with Gasteiger partial charge in [0.1, 0.15) is 12.0 Å². The molecule has 4 aliphatic rings. The van der Waals surface area contributed by atoms with E-state index in [0.717, 1.165) is 42.7 Å². The highest BCUT2D eigenvalue weighted by Crippen LogP contribution is 2.42. The van der Waals surface area contributed by atoms with E-state index in [2.05, 4.69) is 46.5 Å². The van der Waals surface area contributed by atoms with E-state index >= 15 is 4.39 Å². The second-order valence-corrected chi connectivity index (χ2v) is 11.0. The lowest BCUT2D eigenvalue weighted by atomic mass is 9.78. The molecule has 3 aliphatic heterocycles. The Balaban J connectivity index is 1.38. The van der Waals surface area contributed by atoms with Crippen molar-refractivity contribution in [1.29, 1.82) is 0 Å². The summed E-state index contributed by atoms with van der Waals surface area (Å²) < 4.78 is 22.1. The van der Waals surface area contributed by atoms with Gasteiger partial charge in [0.15, 0.2) is 5.82 Å². The zero-order chi connectivity index (χ0) is 24.4. The summed E-state index contributed by atoms with van der Waals surface area (Å²) >= 11 is 0. The normalized spacial score (nSPS) is 32.2. The van der Waals surface area contributed by atoms with Gasteiger partial charge < -0.3 is 20.7 Å². The Morgan fingerprint density at radius 3 is 2.60 bits per heavy atom. The zero-order valence-electron chi connectivity index (χ0n) is 21.7. The van der Waals surface area contributed by atoms with Gasteiger partial charge in [0.2, 0.25) is 0 Å². The largest absolute Gasteiger partial charge is 0.492 e. The van der Waals surface area contributed by atoms with Gasteiger partial charge in [0.05, 0.1) is 24.0 Å². The van der Waals surface area contributed by atoms with Crippen molar-refractivity contribution in [3.05, 3.63) is 29.1 Å². The molecule has 0 bridgehead atoms. The molecule has 3 heterocycles. The summed E-state index contributed by atoms with van der Waals surface area (Å²) in [6, 6.07) is 2.51.